The highest BCUT2D eigenvalue weighted by Crippen LogP contribution is 2.26. The van der Waals surface area contributed by atoms with Crippen molar-refractivity contribution in [1.82, 2.24) is 9.88 Å². The van der Waals surface area contributed by atoms with Crippen molar-refractivity contribution in [2.24, 2.45) is 11.7 Å². The monoisotopic (exact) mass is 297 g/mol. The summed E-state index contributed by atoms with van der Waals surface area (Å²) in [4.78, 5) is 19.6. The Kier molecular flexibility index (Phi) is 4.12. The SMILES string of the molecule is Cc1ccc2cccc(C(=O)N3CCC[C@H](C)[C@H]3CN)c2n1. The van der Waals surface area contributed by atoms with E-state index in [0.717, 1.165) is 36.0 Å². The first-order valence-corrected chi connectivity index (χ1v) is 7.99. The maximum atomic E-state index is 13.1. The minimum Gasteiger partial charge on any atom is -0.334 e. The number of carbonyl (C=O) groups is 1. The normalized spacial score (nSPS) is 22.0. The number of piperidine rings is 1. The van der Waals surface area contributed by atoms with Crippen LogP contribution in [0.1, 0.15) is 35.8 Å². The lowest BCUT2D eigenvalue weighted by molar-refractivity contribution is 0.0534. The van der Waals surface area contributed by atoms with Gasteiger partial charge in [0.15, 0.2) is 0 Å². The Labute approximate surface area is 131 Å². The topological polar surface area (TPSA) is 59.2 Å². The van der Waals surface area contributed by atoms with Crippen molar-refractivity contribution < 1.29 is 4.79 Å². The van der Waals surface area contributed by atoms with Crippen molar-refractivity contribution in [2.75, 3.05) is 13.1 Å². The largest absolute Gasteiger partial charge is 0.334 e. The molecule has 1 aliphatic rings. The number of benzene rings is 1. The zero-order chi connectivity index (χ0) is 15.7. The summed E-state index contributed by atoms with van der Waals surface area (Å²) >= 11 is 0. The molecule has 1 aliphatic heterocycles. The van der Waals surface area contributed by atoms with Crippen LogP contribution in [0.4, 0.5) is 0 Å². The molecule has 1 amide bonds. The van der Waals surface area contributed by atoms with Gasteiger partial charge in [-0.25, -0.2) is 0 Å². The predicted molar refractivity (Wildman–Crippen MR) is 88.8 cm³/mol. The molecule has 0 radical (unpaired) electrons. The highest BCUT2D eigenvalue weighted by Gasteiger charge is 2.32. The number of rotatable bonds is 2. The molecule has 116 valence electrons. The number of aryl methyl sites for hydroxylation is 1. The first-order chi connectivity index (χ1) is 10.6. The summed E-state index contributed by atoms with van der Waals surface area (Å²) in [6, 6.07) is 9.93. The van der Waals surface area contributed by atoms with E-state index in [1.54, 1.807) is 0 Å². The first kappa shape index (κ1) is 15.0. The maximum absolute atomic E-state index is 13.1. The minimum absolute atomic E-state index is 0.0608. The Hall–Kier alpha value is -1.94. The van der Waals surface area contributed by atoms with Gasteiger partial charge < -0.3 is 10.6 Å². The van der Waals surface area contributed by atoms with Gasteiger partial charge in [0.05, 0.1) is 11.1 Å². The summed E-state index contributed by atoms with van der Waals surface area (Å²) in [5.74, 6) is 0.512. The predicted octanol–water partition coefficient (Wildman–Crippen LogP) is 2.74. The Morgan fingerprint density at radius 2 is 2.18 bits per heavy atom. The van der Waals surface area contributed by atoms with Gasteiger partial charge in [-0.1, -0.05) is 25.1 Å². The van der Waals surface area contributed by atoms with Crippen molar-refractivity contribution in [1.29, 1.82) is 0 Å². The fraction of sp³-hybridized carbons (Fsp3) is 0.444. The molecule has 4 nitrogen and oxygen atoms in total. The third kappa shape index (κ3) is 2.59. The lowest BCUT2D eigenvalue weighted by Crippen LogP contribution is -2.51. The molecule has 3 rings (SSSR count). The van der Waals surface area contributed by atoms with Gasteiger partial charge in [0.25, 0.3) is 5.91 Å². The number of hydrogen-bond acceptors (Lipinski definition) is 3. The number of para-hydroxylation sites is 1. The van der Waals surface area contributed by atoms with Gasteiger partial charge in [0.1, 0.15) is 0 Å². The molecular weight excluding hydrogens is 274 g/mol. The average molecular weight is 297 g/mol. The number of aromatic nitrogens is 1. The fourth-order valence-corrected chi connectivity index (χ4v) is 3.43. The summed E-state index contributed by atoms with van der Waals surface area (Å²) in [5.41, 5.74) is 8.33. The van der Waals surface area contributed by atoms with E-state index in [1.807, 2.05) is 42.2 Å². The van der Waals surface area contributed by atoms with Crippen LogP contribution in [-0.2, 0) is 0 Å². The second-order valence-electron chi connectivity index (χ2n) is 6.25. The molecule has 2 aromatic rings. The van der Waals surface area contributed by atoms with E-state index >= 15 is 0 Å². The summed E-state index contributed by atoms with van der Waals surface area (Å²) in [6.45, 7) is 5.44. The molecule has 1 aromatic heterocycles. The number of pyridine rings is 1. The standard InChI is InChI=1S/C18H23N3O/c1-12-5-4-10-21(16(12)11-19)18(22)15-7-3-6-14-9-8-13(2)20-17(14)15/h3,6-9,12,16H,4-5,10-11,19H2,1-2H3/t12-,16+/m0/s1. The first-order valence-electron chi connectivity index (χ1n) is 7.99. The second-order valence-corrected chi connectivity index (χ2v) is 6.25. The number of nitrogens with two attached hydrogens (primary N) is 1. The van der Waals surface area contributed by atoms with Crippen LogP contribution in [0, 0.1) is 12.8 Å². The van der Waals surface area contributed by atoms with Crippen molar-refractivity contribution in [2.45, 2.75) is 32.7 Å². The number of nitrogens with zero attached hydrogens (tertiary/aromatic N) is 2. The van der Waals surface area contributed by atoms with Crippen molar-refractivity contribution >= 4 is 16.8 Å². The molecule has 22 heavy (non-hydrogen) atoms. The lowest BCUT2D eigenvalue weighted by atomic mass is 9.90. The van der Waals surface area contributed by atoms with Crippen LogP contribution in [-0.4, -0.2) is 34.9 Å². The molecule has 4 heteroatoms. The number of hydrogen-bond donors (Lipinski definition) is 1. The quantitative estimate of drug-likeness (QED) is 0.927. The molecule has 0 aliphatic carbocycles. The average Bonchev–Trinajstić information content (AvgIpc) is 2.53. The zero-order valence-corrected chi connectivity index (χ0v) is 13.2. The molecule has 1 saturated heterocycles. The maximum Gasteiger partial charge on any atom is 0.256 e. The van der Waals surface area contributed by atoms with Crippen LogP contribution in [0.25, 0.3) is 10.9 Å². The minimum atomic E-state index is 0.0608. The van der Waals surface area contributed by atoms with E-state index in [2.05, 4.69) is 11.9 Å². The summed E-state index contributed by atoms with van der Waals surface area (Å²) in [5, 5.41) is 1.01. The summed E-state index contributed by atoms with van der Waals surface area (Å²) in [7, 11) is 0. The highest BCUT2D eigenvalue weighted by molar-refractivity contribution is 6.05. The summed E-state index contributed by atoms with van der Waals surface area (Å²) in [6.07, 6.45) is 2.18. The highest BCUT2D eigenvalue weighted by atomic mass is 16.2. The molecule has 0 unspecified atom stereocenters. The molecule has 0 bridgehead atoms. The van der Waals surface area contributed by atoms with Gasteiger partial charge >= 0.3 is 0 Å². The van der Waals surface area contributed by atoms with Crippen LogP contribution in [0.2, 0.25) is 0 Å². The molecule has 1 fully saturated rings. The number of carbonyl (C=O) groups excluding carboxylic acids is 1. The Bertz CT molecular complexity index is 698. The molecule has 2 N–H and O–H groups in total. The van der Waals surface area contributed by atoms with Gasteiger partial charge in [-0.05, 0) is 37.8 Å². The fourth-order valence-electron chi connectivity index (χ4n) is 3.43. The van der Waals surface area contributed by atoms with Crippen LogP contribution < -0.4 is 5.73 Å². The smallest absolute Gasteiger partial charge is 0.256 e. The molecule has 2 atom stereocenters. The Morgan fingerprint density at radius 3 is 2.95 bits per heavy atom. The number of likely N-dealkylation sites (tertiary alicyclic amines) is 1. The summed E-state index contributed by atoms with van der Waals surface area (Å²) < 4.78 is 0. The van der Waals surface area contributed by atoms with Gasteiger partial charge in [-0.15, -0.1) is 0 Å². The van der Waals surface area contributed by atoms with Crippen molar-refractivity contribution in [3.63, 3.8) is 0 Å². The molecule has 2 heterocycles. The zero-order valence-electron chi connectivity index (χ0n) is 13.2. The van der Waals surface area contributed by atoms with Gasteiger partial charge in [-0.2, -0.15) is 0 Å². The number of amides is 1. The van der Waals surface area contributed by atoms with Crippen molar-refractivity contribution in [3.8, 4) is 0 Å². The molecule has 0 saturated carbocycles. The molecular formula is C18H23N3O. The molecule has 0 spiro atoms. The Morgan fingerprint density at radius 1 is 1.36 bits per heavy atom. The van der Waals surface area contributed by atoms with E-state index < -0.39 is 0 Å². The van der Waals surface area contributed by atoms with E-state index in [-0.39, 0.29) is 11.9 Å². The number of fused-ring (bicyclic) bond motifs is 1. The van der Waals surface area contributed by atoms with Gasteiger partial charge in [-0.3, -0.25) is 9.78 Å². The molecule has 1 aromatic carbocycles. The van der Waals surface area contributed by atoms with E-state index in [0.29, 0.717) is 18.0 Å². The van der Waals surface area contributed by atoms with E-state index in [1.165, 1.54) is 0 Å². The lowest BCUT2D eigenvalue weighted by Gasteiger charge is -2.39. The van der Waals surface area contributed by atoms with Gasteiger partial charge in [0, 0.05) is 30.2 Å². The van der Waals surface area contributed by atoms with Crippen LogP contribution in [0.5, 0.6) is 0 Å². The van der Waals surface area contributed by atoms with Crippen LogP contribution in [0.3, 0.4) is 0 Å². The van der Waals surface area contributed by atoms with E-state index in [9.17, 15) is 4.79 Å². The third-order valence-electron chi connectivity index (χ3n) is 4.71. The van der Waals surface area contributed by atoms with Crippen LogP contribution in [0.15, 0.2) is 30.3 Å². The van der Waals surface area contributed by atoms with Crippen molar-refractivity contribution in [3.05, 3.63) is 41.6 Å². The second kappa shape index (κ2) is 6.05. The van der Waals surface area contributed by atoms with Crippen LogP contribution >= 0.6 is 0 Å². The third-order valence-corrected chi connectivity index (χ3v) is 4.71. The van der Waals surface area contributed by atoms with Gasteiger partial charge in [0.2, 0.25) is 0 Å². The Balaban J connectivity index is 2.03. The van der Waals surface area contributed by atoms with E-state index in [4.69, 9.17) is 5.73 Å².